The molecule has 0 saturated heterocycles. The molecular weight excluding hydrogens is 344 g/mol. The first kappa shape index (κ1) is 20.3. The van der Waals surface area contributed by atoms with E-state index < -0.39 is 23.8 Å². The molecule has 2 aromatic rings. The molecule has 27 heavy (non-hydrogen) atoms. The van der Waals surface area contributed by atoms with E-state index in [-0.39, 0.29) is 13.2 Å². The number of nitrogens with one attached hydrogen (secondary N) is 2. The average molecular weight is 370 g/mol. The van der Waals surface area contributed by atoms with Crippen LogP contribution < -0.4 is 10.6 Å². The highest BCUT2D eigenvalue weighted by Gasteiger charge is 2.20. The zero-order valence-electron chi connectivity index (χ0n) is 15.9. The van der Waals surface area contributed by atoms with Crippen molar-refractivity contribution in [1.29, 1.82) is 0 Å². The van der Waals surface area contributed by atoms with Crippen LogP contribution in [0.5, 0.6) is 0 Å². The Balaban J connectivity index is 1.94. The molecule has 144 valence electrons. The van der Waals surface area contributed by atoms with Crippen molar-refractivity contribution in [3.63, 3.8) is 0 Å². The highest BCUT2D eigenvalue weighted by molar-refractivity contribution is 5.69. The highest BCUT2D eigenvalue weighted by Crippen LogP contribution is 2.13. The van der Waals surface area contributed by atoms with Crippen molar-refractivity contribution in [2.24, 2.45) is 0 Å². The maximum atomic E-state index is 12.2. The van der Waals surface area contributed by atoms with Gasteiger partial charge < -0.3 is 20.1 Å². The largest absolute Gasteiger partial charge is 0.445 e. The fraction of sp³-hybridized carbons (Fsp3) is 0.333. The van der Waals surface area contributed by atoms with E-state index in [2.05, 4.69) is 10.6 Å². The van der Waals surface area contributed by atoms with Crippen molar-refractivity contribution < 1.29 is 19.1 Å². The Labute approximate surface area is 159 Å². The Morgan fingerprint density at radius 3 is 2.11 bits per heavy atom. The molecule has 2 amide bonds. The Hall–Kier alpha value is -3.02. The summed E-state index contributed by atoms with van der Waals surface area (Å²) in [5.41, 5.74) is 1.16. The zero-order chi connectivity index (χ0) is 19.7. The quantitative estimate of drug-likeness (QED) is 0.800. The Morgan fingerprint density at radius 2 is 1.52 bits per heavy atom. The van der Waals surface area contributed by atoms with Crippen molar-refractivity contribution in [2.45, 2.75) is 39.0 Å². The lowest BCUT2D eigenvalue weighted by molar-refractivity contribution is 0.0520. The Kier molecular flexibility index (Phi) is 7.23. The molecule has 0 radical (unpaired) electrons. The number of amides is 2. The third kappa shape index (κ3) is 7.81. The molecule has 0 aliphatic carbocycles. The topological polar surface area (TPSA) is 76.7 Å². The fourth-order valence-electron chi connectivity index (χ4n) is 2.34. The minimum Gasteiger partial charge on any atom is -0.445 e. The van der Waals surface area contributed by atoms with Crippen molar-refractivity contribution in [3.8, 4) is 0 Å². The monoisotopic (exact) mass is 370 g/mol. The van der Waals surface area contributed by atoms with Gasteiger partial charge in [-0.2, -0.15) is 0 Å². The Morgan fingerprint density at radius 1 is 0.926 bits per heavy atom. The lowest BCUT2D eigenvalue weighted by Crippen LogP contribution is -2.40. The number of alkyl carbamates (subject to hydrolysis) is 2. The number of carbonyl (C=O) groups excluding carboxylic acids is 2. The second-order valence-electron chi connectivity index (χ2n) is 7.05. The molecular formula is C21H26N2O4. The standard InChI is InChI=1S/C21H26N2O4/c1-21(2,3)27-19(24)22-14-18(17-12-8-5-9-13-17)23-20(25)26-15-16-10-6-4-7-11-16/h4-13,18H,14-15H2,1-3H3,(H,22,24)(H,23,25)/t18-/m0/s1. The van der Waals surface area contributed by atoms with Crippen molar-refractivity contribution in [2.75, 3.05) is 6.54 Å². The van der Waals surface area contributed by atoms with E-state index in [1.165, 1.54) is 0 Å². The van der Waals surface area contributed by atoms with Gasteiger partial charge in [-0.25, -0.2) is 9.59 Å². The van der Waals surface area contributed by atoms with Crippen LogP contribution in [-0.2, 0) is 16.1 Å². The van der Waals surface area contributed by atoms with E-state index in [1.54, 1.807) is 20.8 Å². The molecule has 0 saturated carbocycles. The van der Waals surface area contributed by atoms with Gasteiger partial charge >= 0.3 is 12.2 Å². The summed E-state index contributed by atoms with van der Waals surface area (Å²) >= 11 is 0. The van der Waals surface area contributed by atoms with E-state index in [0.29, 0.717) is 0 Å². The predicted octanol–water partition coefficient (Wildman–Crippen LogP) is 4.18. The maximum Gasteiger partial charge on any atom is 0.408 e. The van der Waals surface area contributed by atoms with Gasteiger partial charge in [-0.05, 0) is 31.9 Å². The van der Waals surface area contributed by atoms with Crippen LogP contribution in [0.15, 0.2) is 60.7 Å². The van der Waals surface area contributed by atoms with Gasteiger partial charge in [0.25, 0.3) is 0 Å². The first-order chi connectivity index (χ1) is 12.8. The van der Waals surface area contributed by atoms with Crippen LogP contribution in [0.1, 0.15) is 37.9 Å². The smallest absolute Gasteiger partial charge is 0.408 e. The lowest BCUT2D eigenvalue weighted by Gasteiger charge is -2.23. The van der Waals surface area contributed by atoms with Crippen molar-refractivity contribution in [1.82, 2.24) is 10.6 Å². The molecule has 2 rings (SSSR count). The Bertz CT molecular complexity index is 727. The van der Waals surface area contributed by atoms with E-state index >= 15 is 0 Å². The number of rotatable bonds is 6. The molecule has 0 heterocycles. The van der Waals surface area contributed by atoms with Crippen LogP contribution in [0.3, 0.4) is 0 Å². The zero-order valence-corrected chi connectivity index (χ0v) is 15.9. The van der Waals surface area contributed by atoms with Gasteiger partial charge in [0.05, 0.1) is 6.04 Å². The maximum absolute atomic E-state index is 12.2. The molecule has 0 bridgehead atoms. The fourth-order valence-corrected chi connectivity index (χ4v) is 2.34. The van der Waals surface area contributed by atoms with Gasteiger partial charge in [-0.3, -0.25) is 0 Å². The van der Waals surface area contributed by atoms with Crippen LogP contribution in [0.2, 0.25) is 0 Å². The summed E-state index contributed by atoms with van der Waals surface area (Å²) in [6, 6.07) is 18.4. The molecule has 0 aliphatic heterocycles. The molecule has 0 aliphatic rings. The summed E-state index contributed by atoms with van der Waals surface area (Å²) in [5, 5.41) is 5.48. The van der Waals surface area contributed by atoms with Gasteiger partial charge in [0.2, 0.25) is 0 Å². The van der Waals surface area contributed by atoms with E-state index in [9.17, 15) is 9.59 Å². The highest BCUT2D eigenvalue weighted by atomic mass is 16.6. The lowest BCUT2D eigenvalue weighted by atomic mass is 10.1. The predicted molar refractivity (Wildman–Crippen MR) is 103 cm³/mol. The van der Waals surface area contributed by atoms with Crippen LogP contribution in [0.25, 0.3) is 0 Å². The number of carbonyl (C=O) groups is 2. The number of hydrogen-bond acceptors (Lipinski definition) is 4. The summed E-state index contributed by atoms with van der Waals surface area (Å²) in [6.07, 6.45) is -1.10. The normalized spacial score (nSPS) is 12.0. The molecule has 1 atom stereocenters. The minimum absolute atomic E-state index is 0.174. The van der Waals surface area contributed by atoms with Crippen molar-refractivity contribution >= 4 is 12.2 Å². The summed E-state index contributed by atoms with van der Waals surface area (Å²) in [7, 11) is 0. The molecule has 0 unspecified atom stereocenters. The van der Waals surface area contributed by atoms with Gasteiger partial charge in [0.15, 0.2) is 0 Å². The van der Waals surface area contributed by atoms with Crippen LogP contribution in [0.4, 0.5) is 9.59 Å². The summed E-state index contributed by atoms with van der Waals surface area (Å²) in [5.74, 6) is 0. The second kappa shape index (κ2) is 9.62. The number of benzene rings is 2. The SMILES string of the molecule is CC(C)(C)OC(=O)NC[C@H](NC(=O)OCc1ccccc1)c1ccccc1. The first-order valence-electron chi connectivity index (χ1n) is 8.82. The van der Waals surface area contributed by atoms with Gasteiger partial charge in [0, 0.05) is 6.54 Å². The average Bonchev–Trinajstić information content (AvgIpc) is 2.63. The molecule has 6 nitrogen and oxygen atoms in total. The molecule has 2 aromatic carbocycles. The van der Waals surface area contributed by atoms with E-state index in [1.807, 2.05) is 60.7 Å². The van der Waals surface area contributed by atoms with E-state index in [0.717, 1.165) is 11.1 Å². The van der Waals surface area contributed by atoms with Gasteiger partial charge in [-0.1, -0.05) is 60.7 Å². The second-order valence-corrected chi connectivity index (χ2v) is 7.05. The molecule has 0 fully saturated rings. The summed E-state index contributed by atoms with van der Waals surface area (Å²) in [6.45, 7) is 5.73. The van der Waals surface area contributed by atoms with Crippen LogP contribution >= 0.6 is 0 Å². The number of hydrogen-bond donors (Lipinski definition) is 2. The van der Waals surface area contributed by atoms with Gasteiger partial charge in [0.1, 0.15) is 12.2 Å². The molecule has 0 spiro atoms. The molecule has 6 heteroatoms. The first-order valence-corrected chi connectivity index (χ1v) is 8.82. The number of ether oxygens (including phenoxy) is 2. The van der Waals surface area contributed by atoms with E-state index in [4.69, 9.17) is 9.47 Å². The third-order valence-corrected chi connectivity index (χ3v) is 3.56. The molecule has 0 aromatic heterocycles. The summed E-state index contributed by atoms with van der Waals surface area (Å²) in [4.78, 5) is 24.1. The third-order valence-electron chi connectivity index (χ3n) is 3.56. The van der Waals surface area contributed by atoms with Crippen LogP contribution in [-0.4, -0.2) is 24.3 Å². The van der Waals surface area contributed by atoms with Crippen LogP contribution in [0, 0.1) is 0 Å². The van der Waals surface area contributed by atoms with Gasteiger partial charge in [-0.15, -0.1) is 0 Å². The molecule has 2 N–H and O–H groups in total. The summed E-state index contributed by atoms with van der Waals surface area (Å²) < 4.78 is 10.5. The van der Waals surface area contributed by atoms with Crippen molar-refractivity contribution in [3.05, 3.63) is 71.8 Å². The minimum atomic E-state index is -0.589.